The van der Waals surface area contributed by atoms with Crippen LogP contribution in [0.4, 0.5) is 0 Å². The summed E-state index contributed by atoms with van der Waals surface area (Å²) in [5.74, 6) is -1.30. The van der Waals surface area contributed by atoms with E-state index in [1.54, 1.807) is 0 Å². The van der Waals surface area contributed by atoms with Crippen LogP contribution in [-0.2, 0) is 23.8 Å². The van der Waals surface area contributed by atoms with Gasteiger partial charge in [0.25, 0.3) is 0 Å². The second-order valence-electron chi connectivity index (χ2n) is 3.53. The Morgan fingerprint density at radius 2 is 2.50 bits per heavy atom. The fourth-order valence-corrected chi connectivity index (χ4v) is 1.19. The first kappa shape index (κ1) is 12.7. The number of rotatable bonds is 5. The molecule has 1 heterocycles. The maximum absolute atomic E-state index is 11.3. The lowest BCUT2D eigenvalue weighted by Gasteiger charge is -2.19. The molecular formula is C10H14O6. The molecule has 1 fully saturated rings. The van der Waals surface area contributed by atoms with Gasteiger partial charge in [0.15, 0.2) is 6.29 Å². The molecule has 0 spiro atoms. The minimum Gasteiger partial charge on any atom is -0.463 e. The Morgan fingerprint density at radius 3 is 3.00 bits per heavy atom. The predicted octanol–water partition coefficient (Wildman–Crippen LogP) is -0.244. The summed E-state index contributed by atoms with van der Waals surface area (Å²) in [4.78, 5) is 22.5. The highest BCUT2D eigenvalue weighted by Crippen LogP contribution is 2.24. The van der Waals surface area contributed by atoms with Crippen LogP contribution < -0.4 is 0 Å². The molecule has 0 saturated carbocycles. The molecule has 16 heavy (non-hydrogen) atoms. The molecule has 1 N–H and O–H groups in total. The second-order valence-corrected chi connectivity index (χ2v) is 3.53. The summed E-state index contributed by atoms with van der Waals surface area (Å²) >= 11 is 0. The largest absolute Gasteiger partial charge is 0.463 e. The van der Waals surface area contributed by atoms with Crippen molar-refractivity contribution in [1.82, 2.24) is 0 Å². The number of ether oxygens (including phenoxy) is 3. The van der Waals surface area contributed by atoms with Crippen molar-refractivity contribution in [2.24, 2.45) is 0 Å². The fraction of sp³-hybridized carbons (Fsp3) is 0.600. The summed E-state index contributed by atoms with van der Waals surface area (Å²) in [6.07, 6.45) is 0.219. The molecule has 0 radical (unpaired) electrons. The van der Waals surface area contributed by atoms with Crippen LogP contribution in [0.25, 0.3) is 0 Å². The quantitative estimate of drug-likeness (QED) is 0.398. The number of carbonyl (C=O) groups is 2. The maximum Gasteiger partial charge on any atom is 0.350 e. The van der Waals surface area contributed by atoms with E-state index in [9.17, 15) is 9.59 Å². The van der Waals surface area contributed by atoms with E-state index in [0.717, 1.165) is 6.08 Å². The van der Waals surface area contributed by atoms with Gasteiger partial charge in [0.2, 0.25) is 5.60 Å². The van der Waals surface area contributed by atoms with Crippen LogP contribution in [0, 0.1) is 0 Å². The molecule has 0 aromatic heterocycles. The minimum absolute atomic E-state index is 0.235. The molecular weight excluding hydrogens is 216 g/mol. The van der Waals surface area contributed by atoms with Crippen LogP contribution in [0.3, 0.4) is 0 Å². The number of aliphatic hydroxyl groups excluding tert-OH is 1. The van der Waals surface area contributed by atoms with Gasteiger partial charge >= 0.3 is 11.9 Å². The Morgan fingerprint density at radius 1 is 1.81 bits per heavy atom. The lowest BCUT2D eigenvalue weighted by atomic mass is 10.1. The Labute approximate surface area is 92.8 Å². The van der Waals surface area contributed by atoms with Crippen molar-refractivity contribution >= 4 is 11.9 Å². The molecule has 0 aromatic carbocycles. The van der Waals surface area contributed by atoms with E-state index in [2.05, 4.69) is 11.3 Å². The van der Waals surface area contributed by atoms with Crippen LogP contribution in [0.15, 0.2) is 12.7 Å². The SMILES string of the molecule is C=CC(O)OCC(=O)OC1(C)CCOC1=O. The molecule has 1 saturated heterocycles. The van der Waals surface area contributed by atoms with Crippen LogP contribution in [0.5, 0.6) is 0 Å². The predicted molar refractivity (Wildman–Crippen MR) is 52.2 cm³/mol. The van der Waals surface area contributed by atoms with Crippen LogP contribution in [-0.4, -0.2) is 42.1 Å². The average Bonchev–Trinajstić information content (AvgIpc) is 2.55. The van der Waals surface area contributed by atoms with Gasteiger partial charge in [-0.05, 0) is 13.0 Å². The summed E-state index contributed by atoms with van der Waals surface area (Å²) in [5.41, 5.74) is -1.24. The van der Waals surface area contributed by atoms with Crippen molar-refractivity contribution in [3.05, 3.63) is 12.7 Å². The Hall–Kier alpha value is -1.40. The fourth-order valence-electron chi connectivity index (χ4n) is 1.19. The number of aliphatic hydroxyl groups is 1. The first-order valence-electron chi connectivity index (χ1n) is 4.79. The van der Waals surface area contributed by atoms with Crippen molar-refractivity contribution in [2.75, 3.05) is 13.2 Å². The van der Waals surface area contributed by atoms with Gasteiger partial charge in [0.05, 0.1) is 6.61 Å². The van der Waals surface area contributed by atoms with E-state index in [-0.39, 0.29) is 6.61 Å². The topological polar surface area (TPSA) is 82.1 Å². The van der Waals surface area contributed by atoms with Gasteiger partial charge in [0.1, 0.15) is 6.61 Å². The first-order valence-corrected chi connectivity index (χ1v) is 4.79. The number of hydrogen-bond donors (Lipinski definition) is 1. The third kappa shape index (κ3) is 3.04. The highest BCUT2D eigenvalue weighted by Gasteiger charge is 2.43. The van der Waals surface area contributed by atoms with Crippen molar-refractivity contribution in [2.45, 2.75) is 25.2 Å². The zero-order valence-electron chi connectivity index (χ0n) is 8.97. The van der Waals surface area contributed by atoms with Crippen LogP contribution in [0.2, 0.25) is 0 Å². The third-order valence-electron chi connectivity index (χ3n) is 2.16. The molecule has 90 valence electrons. The second kappa shape index (κ2) is 5.09. The normalized spacial score (nSPS) is 26.0. The average molecular weight is 230 g/mol. The first-order chi connectivity index (χ1) is 7.48. The summed E-state index contributed by atoms with van der Waals surface area (Å²) < 4.78 is 14.3. The molecule has 1 aliphatic heterocycles. The van der Waals surface area contributed by atoms with Crippen molar-refractivity contribution < 1.29 is 28.9 Å². The zero-order valence-corrected chi connectivity index (χ0v) is 8.97. The molecule has 2 atom stereocenters. The van der Waals surface area contributed by atoms with Crippen molar-refractivity contribution in [3.63, 3.8) is 0 Å². The highest BCUT2D eigenvalue weighted by molar-refractivity contribution is 5.84. The van der Waals surface area contributed by atoms with E-state index >= 15 is 0 Å². The van der Waals surface area contributed by atoms with Gasteiger partial charge in [-0.1, -0.05) is 6.58 Å². The summed E-state index contributed by atoms with van der Waals surface area (Å²) in [7, 11) is 0. The highest BCUT2D eigenvalue weighted by atomic mass is 16.6. The van der Waals surface area contributed by atoms with Gasteiger partial charge in [-0.3, -0.25) is 0 Å². The van der Waals surface area contributed by atoms with Crippen LogP contribution >= 0.6 is 0 Å². The molecule has 6 heteroatoms. The van der Waals surface area contributed by atoms with E-state index in [1.807, 2.05) is 0 Å². The molecule has 0 aliphatic carbocycles. The molecule has 1 aliphatic rings. The molecule has 2 unspecified atom stereocenters. The molecule has 0 bridgehead atoms. The lowest BCUT2D eigenvalue weighted by Crippen LogP contribution is -2.37. The molecule has 1 rings (SSSR count). The number of cyclic esters (lactones) is 1. The monoisotopic (exact) mass is 230 g/mol. The minimum atomic E-state index is -1.24. The lowest BCUT2D eigenvalue weighted by molar-refractivity contribution is -0.178. The van der Waals surface area contributed by atoms with Crippen molar-refractivity contribution in [3.8, 4) is 0 Å². The number of hydrogen-bond acceptors (Lipinski definition) is 6. The van der Waals surface area contributed by atoms with E-state index in [1.165, 1.54) is 6.92 Å². The van der Waals surface area contributed by atoms with Gasteiger partial charge in [-0.25, -0.2) is 9.59 Å². The number of carbonyl (C=O) groups excluding carboxylic acids is 2. The number of esters is 2. The summed E-state index contributed by atoms with van der Waals surface area (Å²) in [5, 5.41) is 8.94. The standard InChI is InChI=1S/C10H14O6/c1-3-7(11)15-6-8(12)16-10(2)4-5-14-9(10)13/h3,7,11H,1,4-6H2,2H3. The van der Waals surface area contributed by atoms with Crippen molar-refractivity contribution in [1.29, 1.82) is 0 Å². The van der Waals surface area contributed by atoms with Gasteiger partial charge < -0.3 is 19.3 Å². The van der Waals surface area contributed by atoms with Gasteiger partial charge in [-0.2, -0.15) is 0 Å². The Bertz CT molecular complexity index is 300. The van der Waals surface area contributed by atoms with Gasteiger partial charge in [0, 0.05) is 6.42 Å². The Balaban J connectivity index is 2.39. The third-order valence-corrected chi connectivity index (χ3v) is 2.16. The summed E-state index contributed by atoms with van der Waals surface area (Å²) in [6, 6.07) is 0. The molecule has 0 amide bonds. The molecule has 6 nitrogen and oxygen atoms in total. The van der Waals surface area contributed by atoms with Crippen LogP contribution in [0.1, 0.15) is 13.3 Å². The molecule has 0 aromatic rings. The Kier molecular flexibility index (Phi) is 4.03. The van der Waals surface area contributed by atoms with E-state index in [0.29, 0.717) is 6.42 Å². The maximum atomic E-state index is 11.3. The smallest absolute Gasteiger partial charge is 0.350 e. The van der Waals surface area contributed by atoms with E-state index < -0.39 is 30.4 Å². The van der Waals surface area contributed by atoms with Gasteiger partial charge in [-0.15, -0.1) is 0 Å². The zero-order chi connectivity index (χ0) is 12.2. The summed E-state index contributed by atoms with van der Waals surface area (Å²) in [6.45, 7) is 4.53. The van der Waals surface area contributed by atoms with E-state index in [4.69, 9.17) is 14.6 Å².